The third-order valence-electron chi connectivity index (χ3n) is 2.50. The first-order valence-electron chi connectivity index (χ1n) is 4.95. The predicted molar refractivity (Wildman–Crippen MR) is 72.4 cm³/mol. The molecule has 0 aliphatic carbocycles. The number of halogens is 1. The van der Waals surface area contributed by atoms with Crippen LogP contribution in [-0.4, -0.2) is 13.1 Å². The summed E-state index contributed by atoms with van der Waals surface area (Å²) < 4.78 is 5.86. The predicted octanol–water partition coefficient (Wildman–Crippen LogP) is 3.16. The molecule has 0 aliphatic heterocycles. The van der Waals surface area contributed by atoms with Gasteiger partial charge in [-0.15, -0.1) is 0 Å². The van der Waals surface area contributed by atoms with Gasteiger partial charge in [-0.1, -0.05) is 30.3 Å². The number of fused-ring (bicyclic) bond motifs is 1. The molecule has 2 aromatic rings. The first kappa shape index (κ1) is 11.4. The molecular weight excluding hydrogens is 315 g/mol. The van der Waals surface area contributed by atoms with Crippen LogP contribution in [0.5, 0.6) is 0 Å². The Labute approximate surface area is 108 Å². The summed E-state index contributed by atoms with van der Waals surface area (Å²) in [5.74, 6) is -0.202. The van der Waals surface area contributed by atoms with Crippen molar-refractivity contribution in [2.45, 2.75) is 6.42 Å². The zero-order valence-corrected chi connectivity index (χ0v) is 11.0. The van der Waals surface area contributed by atoms with E-state index >= 15 is 0 Å². The van der Waals surface area contributed by atoms with Crippen LogP contribution < -0.4 is 0 Å². The highest BCUT2D eigenvalue weighted by Gasteiger charge is 2.08. The lowest BCUT2D eigenvalue weighted by Gasteiger charge is -2.07. The van der Waals surface area contributed by atoms with Gasteiger partial charge in [0.2, 0.25) is 0 Å². The van der Waals surface area contributed by atoms with Crippen LogP contribution in [0, 0.1) is 3.57 Å². The third-order valence-corrected chi connectivity index (χ3v) is 3.40. The van der Waals surface area contributed by atoms with Crippen molar-refractivity contribution >= 4 is 39.3 Å². The largest absolute Gasteiger partial charge is 0.469 e. The Morgan fingerprint density at radius 2 is 1.94 bits per heavy atom. The van der Waals surface area contributed by atoms with E-state index in [2.05, 4.69) is 34.7 Å². The van der Waals surface area contributed by atoms with Crippen molar-refractivity contribution < 1.29 is 9.53 Å². The number of carbonyl (C=O) groups excluding carboxylic acids is 1. The minimum absolute atomic E-state index is 0.202. The Hall–Kier alpha value is -1.10. The van der Waals surface area contributed by atoms with Crippen LogP contribution in [0.25, 0.3) is 10.8 Å². The van der Waals surface area contributed by atoms with Crippen LogP contribution in [0.1, 0.15) is 5.56 Å². The van der Waals surface area contributed by atoms with Gasteiger partial charge in [0.15, 0.2) is 0 Å². The summed E-state index contributed by atoms with van der Waals surface area (Å²) in [5, 5.41) is 2.31. The van der Waals surface area contributed by atoms with Gasteiger partial charge in [-0.25, -0.2) is 0 Å². The summed E-state index contributed by atoms with van der Waals surface area (Å²) in [4.78, 5) is 11.3. The van der Waals surface area contributed by atoms with E-state index in [0.717, 1.165) is 19.9 Å². The number of hydrogen-bond donors (Lipinski definition) is 0. The molecule has 0 unspecified atom stereocenters. The third kappa shape index (κ3) is 2.19. The second kappa shape index (κ2) is 4.82. The number of rotatable bonds is 2. The fourth-order valence-corrected chi connectivity index (χ4v) is 2.61. The van der Waals surface area contributed by atoms with Gasteiger partial charge in [0.05, 0.1) is 13.5 Å². The van der Waals surface area contributed by atoms with Crippen LogP contribution in [0.3, 0.4) is 0 Å². The standard InChI is InChI=1S/C13H11IO2/c1-16-12(15)8-10-6-2-4-9-5-3-7-11(14)13(9)10/h2-7H,8H2,1H3. The monoisotopic (exact) mass is 326 g/mol. The molecule has 0 saturated carbocycles. The smallest absolute Gasteiger partial charge is 0.310 e. The van der Waals surface area contributed by atoms with Gasteiger partial charge in [-0.05, 0) is 45.0 Å². The molecule has 0 N–H and O–H groups in total. The van der Waals surface area contributed by atoms with Gasteiger partial charge in [0.25, 0.3) is 0 Å². The number of benzene rings is 2. The number of ether oxygens (including phenoxy) is 1. The quantitative estimate of drug-likeness (QED) is 0.626. The zero-order valence-electron chi connectivity index (χ0n) is 8.87. The average molecular weight is 326 g/mol. The Morgan fingerprint density at radius 1 is 1.25 bits per heavy atom. The zero-order chi connectivity index (χ0) is 11.5. The highest BCUT2D eigenvalue weighted by molar-refractivity contribution is 14.1. The number of esters is 1. The summed E-state index contributed by atoms with van der Waals surface area (Å²) >= 11 is 2.29. The molecule has 0 bridgehead atoms. The van der Waals surface area contributed by atoms with Crippen LogP contribution in [0.4, 0.5) is 0 Å². The van der Waals surface area contributed by atoms with Crippen molar-refractivity contribution in [3.63, 3.8) is 0 Å². The lowest BCUT2D eigenvalue weighted by molar-refractivity contribution is -0.139. The molecule has 3 heteroatoms. The topological polar surface area (TPSA) is 26.3 Å². The van der Waals surface area contributed by atoms with E-state index in [-0.39, 0.29) is 5.97 Å². The summed E-state index contributed by atoms with van der Waals surface area (Å²) in [6.45, 7) is 0. The van der Waals surface area contributed by atoms with Gasteiger partial charge in [0.1, 0.15) is 0 Å². The molecule has 0 aromatic heterocycles. The van der Waals surface area contributed by atoms with Crippen molar-refractivity contribution in [3.8, 4) is 0 Å². The maximum Gasteiger partial charge on any atom is 0.310 e. The van der Waals surface area contributed by atoms with E-state index in [1.54, 1.807) is 0 Å². The highest BCUT2D eigenvalue weighted by atomic mass is 127. The summed E-state index contributed by atoms with van der Waals surface area (Å²) in [6.07, 6.45) is 0.327. The molecule has 0 fully saturated rings. The van der Waals surface area contributed by atoms with E-state index in [0.29, 0.717) is 6.42 Å². The van der Waals surface area contributed by atoms with E-state index in [1.807, 2.05) is 24.3 Å². The normalized spacial score (nSPS) is 10.4. The molecule has 0 heterocycles. The van der Waals surface area contributed by atoms with Gasteiger partial charge in [-0.3, -0.25) is 4.79 Å². The van der Waals surface area contributed by atoms with E-state index in [4.69, 9.17) is 4.74 Å². The second-order valence-electron chi connectivity index (χ2n) is 3.51. The van der Waals surface area contributed by atoms with Crippen molar-refractivity contribution in [3.05, 3.63) is 45.5 Å². The van der Waals surface area contributed by atoms with Gasteiger partial charge < -0.3 is 4.74 Å². The van der Waals surface area contributed by atoms with E-state index < -0.39 is 0 Å². The molecule has 82 valence electrons. The molecule has 2 aromatic carbocycles. The molecule has 2 rings (SSSR count). The molecule has 16 heavy (non-hydrogen) atoms. The van der Waals surface area contributed by atoms with Gasteiger partial charge >= 0.3 is 5.97 Å². The molecule has 0 spiro atoms. The van der Waals surface area contributed by atoms with Crippen molar-refractivity contribution in [2.24, 2.45) is 0 Å². The molecule has 0 amide bonds. The van der Waals surface area contributed by atoms with Crippen molar-refractivity contribution in [2.75, 3.05) is 7.11 Å². The van der Waals surface area contributed by atoms with Crippen LogP contribution in [0.15, 0.2) is 36.4 Å². The highest BCUT2D eigenvalue weighted by Crippen LogP contribution is 2.24. The average Bonchev–Trinajstić information content (AvgIpc) is 2.29. The minimum Gasteiger partial charge on any atom is -0.469 e. The second-order valence-corrected chi connectivity index (χ2v) is 4.67. The Morgan fingerprint density at radius 3 is 2.62 bits per heavy atom. The number of hydrogen-bond acceptors (Lipinski definition) is 2. The molecule has 0 radical (unpaired) electrons. The van der Waals surface area contributed by atoms with E-state index in [9.17, 15) is 4.79 Å². The Balaban J connectivity index is 2.56. The molecule has 2 nitrogen and oxygen atoms in total. The first-order chi connectivity index (χ1) is 7.72. The molecule has 0 atom stereocenters. The summed E-state index contributed by atoms with van der Waals surface area (Å²) in [6, 6.07) is 12.1. The van der Waals surface area contributed by atoms with Crippen LogP contribution in [-0.2, 0) is 16.0 Å². The maximum atomic E-state index is 11.3. The van der Waals surface area contributed by atoms with Crippen molar-refractivity contribution in [1.82, 2.24) is 0 Å². The van der Waals surface area contributed by atoms with Crippen molar-refractivity contribution in [1.29, 1.82) is 0 Å². The lowest BCUT2D eigenvalue weighted by atomic mass is 10.0. The van der Waals surface area contributed by atoms with Gasteiger partial charge in [0, 0.05) is 3.57 Å². The summed E-state index contributed by atoms with van der Waals surface area (Å²) in [7, 11) is 1.42. The fraction of sp³-hybridized carbons (Fsp3) is 0.154. The molecule has 0 saturated heterocycles. The summed E-state index contributed by atoms with van der Waals surface area (Å²) in [5.41, 5.74) is 1.02. The number of carbonyl (C=O) groups is 1. The fourth-order valence-electron chi connectivity index (χ4n) is 1.74. The number of methoxy groups -OCH3 is 1. The van der Waals surface area contributed by atoms with E-state index in [1.165, 1.54) is 7.11 Å². The Bertz CT molecular complexity index is 529. The van der Waals surface area contributed by atoms with Gasteiger partial charge in [-0.2, -0.15) is 0 Å². The maximum absolute atomic E-state index is 11.3. The minimum atomic E-state index is -0.202. The SMILES string of the molecule is COC(=O)Cc1cccc2cccc(I)c12. The lowest BCUT2D eigenvalue weighted by Crippen LogP contribution is -2.05. The molecular formula is C13H11IO2. The molecule has 0 aliphatic rings. The van der Waals surface area contributed by atoms with Crippen LogP contribution >= 0.6 is 22.6 Å². The first-order valence-corrected chi connectivity index (χ1v) is 6.03. The Kier molecular flexibility index (Phi) is 3.43. The van der Waals surface area contributed by atoms with Crippen LogP contribution in [0.2, 0.25) is 0 Å².